The number of rotatable bonds is 0. The van der Waals surface area contributed by atoms with Crippen molar-refractivity contribution < 1.29 is 4.39 Å². The van der Waals surface area contributed by atoms with Crippen molar-refractivity contribution in [2.45, 2.75) is 0 Å². The van der Waals surface area contributed by atoms with Gasteiger partial charge < -0.3 is 0 Å². The molecule has 0 amide bonds. The highest BCUT2D eigenvalue weighted by Gasteiger charge is 2.07. The average Bonchev–Trinajstić information content (AvgIpc) is 2.39. The molecular formula is C8H6ClFN2. The van der Waals surface area contributed by atoms with Gasteiger partial charge in [-0.15, -0.1) is 0 Å². The van der Waals surface area contributed by atoms with E-state index in [9.17, 15) is 4.39 Å². The summed E-state index contributed by atoms with van der Waals surface area (Å²) >= 11 is 5.69. The molecule has 2 rings (SSSR count). The fraction of sp³-hybridized carbons (Fsp3) is 0.125. The molecule has 0 unspecified atom stereocenters. The Labute approximate surface area is 73.6 Å². The van der Waals surface area contributed by atoms with Gasteiger partial charge in [-0.25, -0.2) is 4.39 Å². The molecule has 0 saturated carbocycles. The van der Waals surface area contributed by atoms with Crippen LogP contribution in [0.25, 0.3) is 10.9 Å². The van der Waals surface area contributed by atoms with Gasteiger partial charge >= 0.3 is 0 Å². The van der Waals surface area contributed by atoms with E-state index in [1.807, 2.05) is 0 Å². The van der Waals surface area contributed by atoms with Crippen LogP contribution in [0, 0.1) is 5.82 Å². The first kappa shape index (κ1) is 7.55. The van der Waals surface area contributed by atoms with Crippen LogP contribution in [0.15, 0.2) is 18.3 Å². The minimum Gasteiger partial charge on any atom is -0.275 e. The molecule has 1 aromatic carbocycles. The number of fused-ring (bicyclic) bond motifs is 1. The lowest BCUT2D eigenvalue weighted by molar-refractivity contribution is 0.629. The van der Waals surface area contributed by atoms with Crippen LogP contribution in [-0.2, 0) is 7.05 Å². The van der Waals surface area contributed by atoms with Gasteiger partial charge in [-0.05, 0) is 12.1 Å². The number of hydrogen-bond acceptors (Lipinski definition) is 1. The number of aryl methyl sites for hydroxylation is 1. The molecule has 12 heavy (non-hydrogen) atoms. The number of nitrogens with zero attached hydrogens (tertiary/aromatic N) is 2. The summed E-state index contributed by atoms with van der Waals surface area (Å²) in [5.74, 6) is -0.428. The van der Waals surface area contributed by atoms with Crippen LogP contribution in [0.3, 0.4) is 0 Å². The van der Waals surface area contributed by atoms with E-state index < -0.39 is 5.82 Å². The van der Waals surface area contributed by atoms with Crippen LogP contribution in [-0.4, -0.2) is 9.78 Å². The number of halogens is 2. The second-order valence-corrected chi connectivity index (χ2v) is 2.98. The molecule has 0 spiro atoms. The zero-order valence-corrected chi connectivity index (χ0v) is 7.14. The van der Waals surface area contributed by atoms with Crippen LogP contribution in [0.1, 0.15) is 0 Å². The first-order chi connectivity index (χ1) is 5.68. The topological polar surface area (TPSA) is 17.8 Å². The van der Waals surface area contributed by atoms with Crippen molar-refractivity contribution in [3.63, 3.8) is 0 Å². The van der Waals surface area contributed by atoms with Crippen LogP contribution in [0.2, 0.25) is 5.02 Å². The van der Waals surface area contributed by atoms with E-state index >= 15 is 0 Å². The van der Waals surface area contributed by atoms with Crippen LogP contribution in [0.5, 0.6) is 0 Å². The molecule has 0 saturated heterocycles. The van der Waals surface area contributed by atoms with Gasteiger partial charge in [0.15, 0.2) is 0 Å². The van der Waals surface area contributed by atoms with Crippen molar-refractivity contribution in [2.24, 2.45) is 7.05 Å². The van der Waals surface area contributed by atoms with Gasteiger partial charge in [-0.3, -0.25) is 4.68 Å². The van der Waals surface area contributed by atoms with Gasteiger partial charge in [-0.1, -0.05) is 11.6 Å². The Morgan fingerprint density at radius 1 is 1.50 bits per heavy atom. The molecule has 0 aliphatic rings. The highest BCUT2D eigenvalue weighted by molar-refractivity contribution is 6.35. The summed E-state index contributed by atoms with van der Waals surface area (Å²) in [6, 6.07) is 3.00. The molecule has 2 aromatic rings. The fourth-order valence-corrected chi connectivity index (χ4v) is 1.36. The summed E-state index contributed by atoms with van der Waals surface area (Å²) in [6.07, 6.45) is 1.79. The molecule has 0 aliphatic heterocycles. The monoisotopic (exact) mass is 184 g/mol. The van der Waals surface area contributed by atoms with Crippen LogP contribution in [0.4, 0.5) is 4.39 Å². The summed E-state index contributed by atoms with van der Waals surface area (Å²) < 4.78 is 14.5. The Bertz CT molecular complexity index is 436. The third kappa shape index (κ3) is 0.975. The second-order valence-electron chi connectivity index (χ2n) is 2.60. The molecule has 0 bridgehead atoms. The molecule has 0 atom stereocenters. The minimum absolute atomic E-state index is 0.0908. The quantitative estimate of drug-likeness (QED) is 0.615. The van der Waals surface area contributed by atoms with Crippen molar-refractivity contribution in [1.82, 2.24) is 9.78 Å². The maximum absolute atomic E-state index is 12.9. The molecule has 1 heterocycles. The molecule has 0 aliphatic carbocycles. The predicted molar refractivity (Wildman–Crippen MR) is 45.7 cm³/mol. The Morgan fingerprint density at radius 2 is 2.25 bits per heavy atom. The molecule has 0 N–H and O–H groups in total. The van der Waals surface area contributed by atoms with Gasteiger partial charge in [0.1, 0.15) is 16.4 Å². The zero-order chi connectivity index (χ0) is 8.72. The zero-order valence-electron chi connectivity index (χ0n) is 6.38. The third-order valence-electron chi connectivity index (χ3n) is 1.68. The summed E-state index contributed by atoms with van der Waals surface area (Å²) in [6.45, 7) is 0. The van der Waals surface area contributed by atoms with Crippen molar-refractivity contribution in [2.75, 3.05) is 0 Å². The highest BCUT2D eigenvalue weighted by atomic mass is 35.5. The van der Waals surface area contributed by atoms with E-state index in [4.69, 9.17) is 11.6 Å². The van der Waals surface area contributed by atoms with E-state index in [1.54, 1.807) is 24.0 Å². The molecular weight excluding hydrogens is 179 g/mol. The van der Waals surface area contributed by atoms with Crippen molar-refractivity contribution in [1.29, 1.82) is 0 Å². The van der Waals surface area contributed by atoms with Gasteiger partial charge in [0.25, 0.3) is 0 Å². The van der Waals surface area contributed by atoms with Gasteiger partial charge in [-0.2, -0.15) is 5.10 Å². The molecule has 2 nitrogen and oxygen atoms in total. The number of hydrogen-bond donors (Lipinski definition) is 0. The van der Waals surface area contributed by atoms with Gasteiger partial charge in [0.05, 0.1) is 0 Å². The first-order valence-electron chi connectivity index (χ1n) is 3.46. The van der Waals surface area contributed by atoms with Crippen molar-refractivity contribution in [3.05, 3.63) is 29.2 Å². The number of aromatic nitrogens is 2. The maximum Gasteiger partial charge on any atom is 0.144 e. The van der Waals surface area contributed by atoms with E-state index in [0.717, 1.165) is 5.39 Å². The predicted octanol–water partition coefficient (Wildman–Crippen LogP) is 2.37. The van der Waals surface area contributed by atoms with Crippen molar-refractivity contribution >= 4 is 22.5 Å². The summed E-state index contributed by atoms with van der Waals surface area (Å²) in [5, 5.41) is 4.96. The van der Waals surface area contributed by atoms with Gasteiger partial charge in [0, 0.05) is 18.6 Å². The van der Waals surface area contributed by atoms with E-state index in [1.165, 1.54) is 6.07 Å². The smallest absolute Gasteiger partial charge is 0.144 e. The first-order valence-corrected chi connectivity index (χ1v) is 3.83. The van der Waals surface area contributed by atoms with Gasteiger partial charge in [0.2, 0.25) is 0 Å². The standard InChI is InChI=1S/C8H6ClFN2/c1-12-4-5-2-3-6(10)7(9)8(5)11-12/h2-4H,1H3. The maximum atomic E-state index is 12.9. The lowest BCUT2D eigenvalue weighted by Crippen LogP contribution is -1.85. The lowest BCUT2D eigenvalue weighted by Gasteiger charge is -1.92. The summed E-state index contributed by atoms with van der Waals surface area (Å²) in [4.78, 5) is 0. The molecule has 62 valence electrons. The molecule has 4 heteroatoms. The van der Waals surface area contributed by atoms with E-state index in [2.05, 4.69) is 5.10 Å². The molecule has 0 fully saturated rings. The molecule has 0 radical (unpaired) electrons. The Balaban J connectivity index is 2.89. The van der Waals surface area contributed by atoms with E-state index in [0.29, 0.717) is 5.52 Å². The highest BCUT2D eigenvalue weighted by Crippen LogP contribution is 2.24. The van der Waals surface area contributed by atoms with E-state index in [-0.39, 0.29) is 5.02 Å². The van der Waals surface area contributed by atoms with Crippen LogP contribution >= 0.6 is 11.6 Å². The average molecular weight is 185 g/mol. The van der Waals surface area contributed by atoms with Crippen molar-refractivity contribution in [3.8, 4) is 0 Å². The lowest BCUT2D eigenvalue weighted by atomic mass is 10.2. The van der Waals surface area contributed by atoms with Crippen LogP contribution < -0.4 is 0 Å². The summed E-state index contributed by atoms with van der Waals surface area (Å²) in [5.41, 5.74) is 0.513. The molecule has 1 aromatic heterocycles. The Hall–Kier alpha value is -1.09. The normalized spacial score (nSPS) is 10.9. The minimum atomic E-state index is -0.428. The number of benzene rings is 1. The fourth-order valence-electron chi connectivity index (χ4n) is 1.15. The second kappa shape index (κ2) is 2.45. The summed E-state index contributed by atoms with van der Waals surface area (Å²) in [7, 11) is 1.77. The Morgan fingerprint density at radius 3 is 3.00 bits per heavy atom. The Kier molecular flexibility index (Phi) is 1.54. The SMILES string of the molecule is Cn1cc2ccc(F)c(Cl)c2n1. The largest absolute Gasteiger partial charge is 0.275 e. The third-order valence-corrected chi connectivity index (χ3v) is 2.04.